The summed E-state index contributed by atoms with van der Waals surface area (Å²) < 4.78 is 21.1. The van der Waals surface area contributed by atoms with Crippen molar-refractivity contribution in [1.82, 2.24) is 0 Å². The highest BCUT2D eigenvalue weighted by Crippen LogP contribution is 2.35. The molecule has 0 aliphatic rings. The molecule has 0 aliphatic heterocycles. The Labute approximate surface area is 173 Å². The Hall–Kier alpha value is -3.13. The SMILES string of the molecule is COc1ccc(/C=C/C(=O)c2cc(SC)c(OC)cc2OCC(=O)O)c(OC)c1. The van der Waals surface area contributed by atoms with Gasteiger partial charge in [0, 0.05) is 17.7 Å². The number of carbonyl (C=O) groups excluding carboxylic acids is 1. The predicted octanol–water partition coefficient (Wildman–Crippen LogP) is 3.79. The number of hydrogen-bond acceptors (Lipinski definition) is 7. The molecule has 0 aliphatic carbocycles. The molecule has 2 aromatic rings. The minimum Gasteiger partial charge on any atom is -0.497 e. The van der Waals surface area contributed by atoms with Crippen LogP contribution in [0.3, 0.4) is 0 Å². The number of hydrogen-bond donors (Lipinski definition) is 1. The number of thioether (sulfide) groups is 1. The fraction of sp³-hybridized carbons (Fsp3) is 0.238. The van der Waals surface area contributed by atoms with Gasteiger partial charge in [-0.15, -0.1) is 11.8 Å². The summed E-state index contributed by atoms with van der Waals surface area (Å²) in [4.78, 5) is 24.5. The second-order valence-electron chi connectivity index (χ2n) is 5.69. The number of carboxylic acids is 1. The molecule has 0 radical (unpaired) electrons. The van der Waals surface area contributed by atoms with Crippen molar-refractivity contribution in [3.05, 3.63) is 47.5 Å². The van der Waals surface area contributed by atoms with Crippen molar-refractivity contribution in [3.8, 4) is 23.0 Å². The van der Waals surface area contributed by atoms with Crippen molar-refractivity contribution in [2.75, 3.05) is 34.2 Å². The van der Waals surface area contributed by atoms with Gasteiger partial charge in [0.1, 0.15) is 23.0 Å². The van der Waals surface area contributed by atoms with Gasteiger partial charge in [0.25, 0.3) is 0 Å². The molecule has 0 bridgehead atoms. The van der Waals surface area contributed by atoms with Crippen LogP contribution in [-0.2, 0) is 4.79 Å². The third-order valence-electron chi connectivity index (χ3n) is 3.96. The summed E-state index contributed by atoms with van der Waals surface area (Å²) in [6, 6.07) is 8.38. The summed E-state index contributed by atoms with van der Waals surface area (Å²) in [5.74, 6) is 0.328. The van der Waals surface area contributed by atoms with Gasteiger partial charge < -0.3 is 24.1 Å². The molecule has 0 unspecified atom stereocenters. The molecule has 0 spiro atoms. The largest absolute Gasteiger partial charge is 0.497 e. The Balaban J connectivity index is 2.40. The average Bonchev–Trinajstić information content (AvgIpc) is 2.74. The van der Waals surface area contributed by atoms with E-state index in [9.17, 15) is 9.59 Å². The Kier molecular flexibility index (Phi) is 7.97. The minimum absolute atomic E-state index is 0.137. The van der Waals surface area contributed by atoms with E-state index in [4.69, 9.17) is 24.1 Å². The molecule has 0 atom stereocenters. The molecule has 7 nitrogen and oxygen atoms in total. The quantitative estimate of drug-likeness (QED) is 0.354. The number of ether oxygens (including phenoxy) is 4. The summed E-state index contributed by atoms with van der Waals surface area (Å²) in [6.07, 6.45) is 4.84. The fourth-order valence-corrected chi connectivity index (χ4v) is 3.10. The first-order chi connectivity index (χ1) is 13.9. The predicted molar refractivity (Wildman–Crippen MR) is 111 cm³/mol. The van der Waals surface area contributed by atoms with E-state index in [0.717, 1.165) is 4.90 Å². The van der Waals surface area contributed by atoms with Crippen LogP contribution in [0, 0.1) is 0 Å². The number of carbonyl (C=O) groups is 2. The van der Waals surface area contributed by atoms with Crippen LogP contribution in [0.25, 0.3) is 6.08 Å². The van der Waals surface area contributed by atoms with Gasteiger partial charge in [0.2, 0.25) is 0 Å². The van der Waals surface area contributed by atoms with Crippen LogP contribution in [0.15, 0.2) is 41.3 Å². The zero-order chi connectivity index (χ0) is 21.4. The molecule has 0 aromatic heterocycles. The van der Waals surface area contributed by atoms with E-state index >= 15 is 0 Å². The molecule has 1 N–H and O–H groups in total. The van der Waals surface area contributed by atoms with Gasteiger partial charge in [-0.3, -0.25) is 4.79 Å². The Morgan fingerprint density at radius 1 is 1.00 bits per heavy atom. The first-order valence-corrected chi connectivity index (χ1v) is 9.71. The minimum atomic E-state index is -1.14. The van der Waals surface area contributed by atoms with E-state index in [-0.39, 0.29) is 17.1 Å². The van der Waals surface area contributed by atoms with Crippen LogP contribution in [0.4, 0.5) is 0 Å². The molecule has 0 saturated heterocycles. The normalized spacial score (nSPS) is 10.6. The van der Waals surface area contributed by atoms with Crippen LogP contribution in [-0.4, -0.2) is 51.1 Å². The third kappa shape index (κ3) is 5.68. The topological polar surface area (TPSA) is 91.3 Å². The van der Waals surface area contributed by atoms with E-state index in [1.807, 2.05) is 6.26 Å². The summed E-state index contributed by atoms with van der Waals surface area (Å²) >= 11 is 1.40. The zero-order valence-corrected chi connectivity index (χ0v) is 17.4. The maximum atomic E-state index is 12.8. The molecular weight excluding hydrogens is 396 g/mol. The highest BCUT2D eigenvalue weighted by Gasteiger charge is 2.17. The van der Waals surface area contributed by atoms with Crippen LogP contribution in [0.2, 0.25) is 0 Å². The summed E-state index contributed by atoms with van der Waals surface area (Å²) in [5, 5.41) is 8.90. The van der Waals surface area contributed by atoms with E-state index in [2.05, 4.69) is 0 Å². The third-order valence-corrected chi connectivity index (χ3v) is 4.72. The highest BCUT2D eigenvalue weighted by molar-refractivity contribution is 7.98. The van der Waals surface area contributed by atoms with Crippen molar-refractivity contribution in [2.45, 2.75) is 4.90 Å². The van der Waals surface area contributed by atoms with Crippen LogP contribution in [0.1, 0.15) is 15.9 Å². The lowest BCUT2D eigenvalue weighted by molar-refractivity contribution is -0.139. The smallest absolute Gasteiger partial charge is 0.341 e. The second-order valence-corrected chi connectivity index (χ2v) is 6.54. The molecule has 29 heavy (non-hydrogen) atoms. The average molecular weight is 418 g/mol. The molecule has 0 amide bonds. The van der Waals surface area contributed by atoms with Gasteiger partial charge in [-0.1, -0.05) is 0 Å². The van der Waals surface area contributed by atoms with E-state index in [1.54, 1.807) is 37.5 Å². The van der Waals surface area contributed by atoms with Crippen molar-refractivity contribution >= 4 is 29.6 Å². The first kappa shape index (κ1) is 22.2. The Bertz CT molecular complexity index is 921. The standard InChI is InChI=1S/C21H22O7S/c1-25-14-7-5-13(17(9-14)26-2)6-8-16(22)15-10-20(29-4)19(27-3)11-18(15)28-12-21(23)24/h5-11H,12H2,1-4H3,(H,23,24)/b8-6+. The maximum Gasteiger partial charge on any atom is 0.341 e. The molecule has 2 rings (SSSR count). The van der Waals surface area contributed by atoms with Crippen LogP contribution >= 0.6 is 11.8 Å². The lowest BCUT2D eigenvalue weighted by Crippen LogP contribution is -2.12. The van der Waals surface area contributed by atoms with Gasteiger partial charge in [0.05, 0.1) is 31.8 Å². The monoisotopic (exact) mass is 418 g/mol. The van der Waals surface area contributed by atoms with Crippen LogP contribution in [0.5, 0.6) is 23.0 Å². The lowest BCUT2D eigenvalue weighted by atomic mass is 10.1. The summed E-state index contributed by atoms with van der Waals surface area (Å²) in [5.41, 5.74) is 0.924. The van der Waals surface area contributed by atoms with Gasteiger partial charge in [-0.2, -0.15) is 0 Å². The number of aliphatic carboxylic acids is 1. The van der Waals surface area contributed by atoms with Gasteiger partial charge >= 0.3 is 5.97 Å². The number of methoxy groups -OCH3 is 3. The molecule has 154 valence electrons. The summed E-state index contributed by atoms with van der Waals surface area (Å²) in [6.45, 7) is -0.571. The maximum absolute atomic E-state index is 12.8. The highest BCUT2D eigenvalue weighted by atomic mass is 32.2. The zero-order valence-electron chi connectivity index (χ0n) is 16.6. The number of benzene rings is 2. The van der Waals surface area contributed by atoms with Crippen molar-refractivity contribution in [1.29, 1.82) is 0 Å². The van der Waals surface area contributed by atoms with Gasteiger partial charge in [-0.25, -0.2) is 4.79 Å². The fourth-order valence-electron chi connectivity index (χ4n) is 2.52. The molecule has 8 heteroatoms. The molecule has 0 saturated carbocycles. The van der Waals surface area contributed by atoms with Crippen molar-refractivity contribution in [3.63, 3.8) is 0 Å². The molecule has 0 heterocycles. The number of ketones is 1. The molecule has 0 fully saturated rings. The second kappa shape index (κ2) is 10.4. The first-order valence-electron chi connectivity index (χ1n) is 8.48. The van der Waals surface area contributed by atoms with Gasteiger partial charge in [-0.05, 0) is 36.6 Å². The van der Waals surface area contributed by atoms with E-state index < -0.39 is 12.6 Å². The van der Waals surface area contributed by atoms with Crippen molar-refractivity contribution < 1.29 is 33.6 Å². The number of carboxylic acid groups (broad SMARTS) is 1. The Morgan fingerprint density at radius 2 is 1.72 bits per heavy atom. The Morgan fingerprint density at radius 3 is 2.31 bits per heavy atom. The molecule has 2 aromatic carbocycles. The number of rotatable bonds is 10. The van der Waals surface area contributed by atoms with Crippen molar-refractivity contribution in [2.24, 2.45) is 0 Å². The lowest BCUT2D eigenvalue weighted by Gasteiger charge is -2.13. The van der Waals surface area contributed by atoms with E-state index in [1.165, 1.54) is 38.1 Å². The van der Waals surface area contributed by atoms with E-state index in [0.29, 0.717) is 22.8 Å². The van der Waals surface area contributed by atoms with Gasteiger partial charge in [0.15, 0.2) is 12.4 Å². The molecular formula is C21H22O7S. The van der Waals surface area contributed by atoms with Crippen LogP contribution < -0.4 is 18.9 Å². The number of allylic oxidation sites excluding steroid dienone is 1. The summed E-state index contributed by atoms with van der Waals surface area (Å²) in [7, 11) is 4.58.